The van der Waals surface area contributed by atoms with Gasteiger partial charge >= 0.3 is 5.97 Å². The fourth-order valence-electron chi connectivity index (χ4n) is 1.52. The number of nitrogens with zero attached hydrogens (tertiary/aromatic N) is 1. The first-order valence-corrected chi connectivity index (χ1v) is 5.99. The Bertz CT molecular complexity index is 426. The number of rotatable bonds is 7. The second-order valence-corrected chi connectivity index (χ2v) is 4.43. The third-order valence-electron chi connectivity index (χ3n) is 3.19. The Balaban J connectivity index is 2.74. The number of hydrogen-bond acceptors (Lipinski definition) is 4. The normalized spacial score (nSPS) is 15.5. The van der Waals surface area contributed by atoms with E-state index in [0.29, 0.717) is 12.1 Å². The second-order valence-electron chi connectivity index (χ2n) is 4.43. The lowest BCUT2D eigenvalue weighted by molar-refractivity contribution is -0.148. The van der Waals surface area contributed by atoms with Crippen LogP contribution in [0, 0.1) is 0 Å². The number of nitrogens with one attached hydrogen (secondary N) is 2. The van der Waals surface area contributed by atoms with E-state index >= 15 is 0 Å². The van der Waals surface area contributed by atoms with Gasteiger partial charge < -0.3 is 20.1 Å². The molecule has 0 aliphatic heterocycles. The Morgan fingerprint density at radius 3 is 2.74 bits per heavy atom. The highest BCUT2D eigenvalue weighted by molar-refractivity contribution is 5.89. The molecule has 0 bridgehead atoms. The molecule has 0 saturated heterocycles. The Labute approximate surface area is 111 Å². The summed E-state index contributed by atoms with van der Waals surface area (Å²) in [5.74, 6) is -1.54. The van der Waals surface area contributed by atoms with Gasteiger partial charge in [-0.3, -0.25) is 4.79 Å². The van der Waals surface area contributed by atoms with Crippen molar-refractivity contribution in [1.82, 2.24) is 15.3 Å². The van der Waals surface area contributed by atoms with Gasteiger partial charge in [0.15, 0.2) is 0 Å². The van der Waals surface area contributed by atoms with Crippen molar-refractivity contribution < 1.29 is 19.4 Å². The zero-order valence-corrected chi connectivity index (χ0v) is 11.3. The number of methoxy groups -OCH3 is 1. The Morgan fingerprint density at radius 2 is 2.32 bits per heavy atom. The van der Waals surface area contributed by atoms with E-state index in [1.54, 1.807) is 13.8 Å². The van der Waals surface area contributed by atoms with Crippen molar-refractivity contribution in [2.24, 2.45) is 0 Å². The van der Waals surface area contributed by atoms with Gasteiger partial charge in [-0.15, -0.1) is 0 Å². The van der Waals surface area contributed by atoms with Crippen LogP contribution in [0.15, 0.2) is 12.5 Å². The van der Waals surface area contributed by atoms with Gasteiger partial charge in [0.25, 0.3) is 5.91 Å². The maximum absolute atomic E-state index is 12.0. The number of carboxylic acids is 1. The number of carbonyl (C=O) groups is 2. The summed E-state index contributed by atoms with van der Waals surface area (Å²) in [4.78, 5) is 29.8. The van der Waals surface area contributed by atoms with Crippen molar-refractivity contribution in [2.45, 2.75) is 38.3 Å². The van der Waals surface area contributed by atoms with Crippen molar-refractivity contribution in [3.05, 3.63) is 18.2 Å². The van der Waals surface area contributed by atoms with Gasteiger partial charge in [-0.05, 0) is 13.3 Å². The average molecular weight is 269 g/mol. The van der Waals surface area contributed by atoms with Crippen molar-refractivity contribution >= 4 is 11.9 Å². The highest BCUT2D eigenvalue weighted by Gasteiger charge is 2.34. The molecule has 1 unspecified atom stereocenters. The van der Waals surface area contributed by atoms with Gasteiger partial charge in [0.05, 0.1) is 6.33 Å². The standard InChI is InChI=1S/C12H19N3O4/c1-4-12(2,19-3)11(18)15-9(10(16)17)5-8-6-13-7-14-8/h6-7,9H,4-5H2,1-3H3,(H,13,14)(H,15,18)(H,16,17)/t9-,12?/m0/s1. The van der Waals surface area contributed by atoms with Crippen molar-refractivity contribution in [3.8, 4) is 0 Å². The summed E-state index contributed by atoms with van der Waals surface area (Å²) in [5.41, 5.74) is -0.384. The van der Waals surface area contributed by atoms with Gasteiger partial charge in [0.2, 0.25) is 0 Å². The van der Waals surface area contributed by atoms with Crippen LogP contribution in [0.4, 0.5) is 0 Å². The Kier molecular flexibility index (Phi) is 5.05. The van der Waals surface area contributed by atoms with Gasteiger partial charge in [-0.1, -0.05) is 6.92 Å². The molecule has 1 amide bonds. The van der Waals surface area contributed by atoms with E-state index in [4.69, 9.17) is 9.84 Å². The molecule has 1 rings (SSSR count). The smallest absolute Gasteiger partial charge is 0.326 e. The number of aliphatic carboxylic acids is 1. The van der Waals surface area contributed by atoms with E-state index < -0.39 is 23.5 Å². The molecule has 1 heterocycles. The molecule has 1 aromatic rings. The van der Waals surface area contributed by atoms with Crippen molar-refractivity contribution in [3.63, 3.8) is 0 Å². The number of imidazole rings is 1. The third kappa shape index (κ3) is 3.78. The summed E-state index contributed by atoms with van der Waals surface area (Å²) in [5, 5.41) is 11.6. The predicted octanol–water partition coefficient (Wildman–Crippen LogP) is 0.337. The van der Waals surface area contributed by atoms with E-state index in [-0.39, 0.29) is 6.42 Å². The summed E-state index contributed by atoms with van der Waals surface area (Å²) in [6.07, 6.45) is 3.58. The number of ether oxygens (including phenoxy) is 1. The van der Waals surface area contributed by atoms with Crippen LogP contribution >= 0.6 is 0 Å². The molecule has 3 N–H and O–H groups in total. The van der Waals surface area contributed by atoms with Crippen molar-refractivity contribution in [1.29, 1.82) is 0 Å². The van der Waals surface area contributed by atoms with Gasteiger partial charge in [-0.2, -0.15) is 0 Å². The van der Waals surface area contributed by atoms with Crippen LogP contribution < -0.4 is 5.32 Å². The molecule has 7 nitrogen and oxygen atoms in total. The SMILES string of the molecule is CCC(C)(OC)C(=O)N[C@@H](Cc1cnc[nH]1)C(=O)O. The number of hydrogen-bond donors (Lipinski definition) is 3. The van der Waals surface area contributed by atoms with Crippen LogP contribution in [0.3, 0.4) is 0 Å². The number of carbonyl (C=O) groups excluding carboxylic acids is 1. The fourth-order valence-corrected chi connectivity index (χ4v) is 1.52. The number of aromatic nitrogens is 2. The summed E-state index contributed by atoms with van der Waals surface area (Å²) in [6, 6.07) is -1.02. The van der Waals surface area contributed by atoms with E-state index in [0.717, 1.165) is 0 Å². The molecule has 0 aliphatic rings. The summed E-state index contributed by atoms with van der Waals surface area (Å²) in [7, 11) is 1.42. The molecule has 7 heteroatoms. The maximum atomic E-state index is 12.0. The summed E-state index contributed by atoms with van der Waals surface area (Å²) >= 11 is 0. The highest BCUT2D eigenvalue weighted by atomic mass is 16.5. The first-order chi connectivity index (χ1) is 8.92. The van der Waals surface area contributed by atoms with Crippen LogP contribution in [0.2, 0.25) is 0 Å². The minimum Gasteiger partial charge on any atom is -0.480 e. The quantitative estimate of drug-likeness (QED) is 0.662. The minimum absolute atomic E-state index is 0.143. The van der Waals surface area contributed by atoms with Crippen LogP contribution in [-0.4, -0.2) is 45.7 Å². The number of amides is 1. The largest absolute Gasteiger partial charge is 0.480 e. The first-order valence-electron chi connectivity index (χ1n) is 5.99. The topological polar surface area (TPSA) is 104 Å². The minimum atomic E-state index is -1.10. The molecule has 2 atom stereocenters. The van der Waals surface area contributed by atoms with Crippen molar-refractivity contribution in [2.75, 3.05) is 7.11 Å². The summed E-state index contributed by atoms with van der Waals surface area (Å²) in [6.45, 7) is 3.42. The first kappa shape index (κ1) is 15.2. The molecular weight excluding hydrogens is 250 g/mol. The predicted molar refractivity (Wildman–Crippen MR) is 67.6 cm³/mol. The average Bonchev–Trinajstić information content (AvgIpc) is 2.89. The summed E-state index contributed by atoms with van der Waals surface area (Å²) < 4.78 is 5.14. The highest BCUT2D eigenvalue weighted by Crippen LogP contribution is 2.14. The molecular formula is C12H19N3O4. The molecule has 0 saturated carbocycles. The number of carboxylic acid groups (broad SMARTS) is 1. The molecule has 0 spiro atoms. The van der Waals surface area contributed by atoms with Gasteiger partial charge in [-0.25, -0.2) is 9.78 Å². The van der Waals surface area contributed by atoms with E-state index in [2.05, 4.69) is 15.3 Å². The molecule has 0 aliphatic carbocycles. The zero-order valence-electron chi connectivity index (χ0n) is 11.3. The van der Waals surface area contributed by atoms with E-state index in [1.807, 2.05) is 0 Å². The van der Waals surface area contributed by atoms with E-state index in [9.17, 15) is 9.59 Å². The lowest BCUT2D eigenvalue weighted by Crippen LogP contribution is -2.52. The third-order valence-corrected chi connectivity index (χ3v) is 3.19. The van der Waals surface area contributed by atoms with Crippen LogP contribution in [0.5, 0.6) is 0 Å². The Hall–Kier alpha value is -1.89. The van der Waals surface area contributed by atoms with E-state index in [1.165, 1.54) is 19.6 Å². The lowest BCUT2D eigenvalue weighted by atomic mass is 10.0. The van der Waals surface area contributed by atoms with Gasteiger partial charge in [0.1, 0.15) is 11.6 Å². The molecule has 0 radical (unpaired) electrons. The fraction of sp³-hybridized carbons (Fsp3) is 0.583. The molecule has 0 fully saturated rings. The second kappa shape index (κ2) is 6.33. The zero-order chi connectivity index (χ0) is 14.5. The van der Waals surface area contributed by atoms with Crippen LogP contribution in [0.25, 0.3) is 0 Å². The van der Waals surface area contributed by atoms with Gasteiger partial charge in [0, 0.05) is 25.4 Å². The molecule has 106 valence electrons. The molecule has 0 aromatic carbocycles. The lowest BCUT2D eigenvalue weighted by Gasteiger charge is -2.27. The maximum Gasteiger partial charge on any atom is 0.326 e. The van der Waals surface area contributed by atoms with Crippen LogP contribution in [0.1, 0.15) is 26.0 Å². The molecule has 19 heavy (non-hydrogen) atoms. The Morgan fingerprint density at radius 1 is 1.63 bits per heavy atom. The van der Waals surface area contributed by atoms with Crippen LogP contribution in [-0.2, 0) is 20.7 Å². The number of H-pyrrole nitrogens is 1. The monoisotopic (exact) mass is 269 g/mol. The molecule has 1 aromatic heterocycles. The number of aromatic amines is 1.